The third kappa shape index (κ3) is 8.96. The summed E-state index contributed by atoms with van der Waals surface area (Å²) >= 11 is 0. The zero-order valence-electron chi connectivity index (χ0n) is 23.7. The quantitative estimate of drug-likeness (QED) is 0.187. The van der Waals surface area contributed by atoms with Crippen LogP contribution in [0.25, 0.3) is 11.2 Å². The number of nitrogens with zero attached hydrogens (tertiary/aromatic N) is 5. The number of hydrogen-bond donors (Lipinski definition) is 5. The predicted molar refractivity (Wildman–Crippen MR) is 154 cm³/mol. The molecule has 2 amide bonds. The molecule has 14 heteroatoms. The molecular weight excluding hydrogens is 530 g/mol. The van der Waals surface area contributed by atoms with Crippen molar-refractivity contribution in [2.24, 2.45) is 5.41 Å². The largest absolute Gasteiger partial charge is 0.480 e. The van der Waals surface area contributed by atoms with Gasteiger partial charge in [-0.2, -0.15) is 9.97 Å². The van der Waals surface area contributed by atoms with Crippen LogP contribution < -0.4 is 27.0 Å². The summed E-state index contributed by atoms with van der Waals surface area (Å²) in [5, 5.41) is 14.9. The highest BCUT2D eigenvalue weighted by atomic mass is 16.5. The SMILES string of the molecule is COCCC(C)(C)CNC(=O)CCC(NC(=O)c1ccc(N(C)Cc2cnc3nc(N)nc(N)c3n2)cc1)C(=O)O. The normalized spacial score (nSPS) is 12.1. The number of methoxy groups -OCH3 is 1. The van der Waals surface area contributed by atoms with Crippen molar-refractivity contribution in [3.8, 4) is 0 Å². The number of rotatable bonds is 14. The standard InChI is InChI=1S/C27H37N9O5/c1-27(2,11-12-41-4)15-31-20(37)10-9-19(25(39)40)33-24(38)16-5-7-18(8-6-16)36(3)14-17-13-30-23-21(32-17)22(28)34-26(29)35-23/h5-8,13,19H,9-12,14-15H2,1-4H3,(H,31,37)(H,33,38)(H,39,40)(H4,28,29,30,34,35). The number of carbonyl (C=O) groups excluding carboxylic acids is 2. The molecule has 3 rings (SSSR count). The number of fused-ring (bicyclic) bond motifs is 1. The molecule has 0 aliphatic heterocycles. The van der Waals surface area contributed by atoms with Crippen molar-refractivity contribution < 1.29 is 24.2 Å². The number of carbonyl (C=O) groups is 3. The zero-order chi connectivity index (χ0) is 30.2. The molecular formula is C27H37N9O5. The molecule has 2 aromatic heterocycles. The van der Waals surface area contributed by atoms with E-state index in [2.05, 4.69) is 30.6 Å². The molecule has 3 aromatic rings. The topological polar surface area (TPSA) is 212 Å². The van der Waals surface area contributed by atoms with E-state index < -0.39 is 17.9 Å². The zero-order valence-corrected chi connectivity index (χ0v) is 23.7. The van der Waals surface area contributed by atoms with Crippen LogP contribution in [0.15, 0.2) is 30.5 Å². The van der Waals surface area contributed by atoms with E-state index in [0.717, 1.165) is 12.1 Å². The van der Waals surface area contributed by atoms with Gasteiger partial charge in [-0.15, -0.1) is 0 Å². The highest BCUT2D eigenvalue weighted by Crippen LogP contribution is 2.20. The van der Waals surface area contributed by atoms with Gasteiger partial charge in [0.25, 0.3) is 5.91 Å². The van der Waals surface area contributed by atoms with Crippen molar-refractivity contribution in [2.45, 2.75) is 45.7 Å². The third-order valence-electron chi connectivity index (χ3n) is 6.48. The minimum absolute atomic E-state index is 0.0204. The number of aliphatic carboxylic acids is 1. The van der Waals surface area contributed by atoms with Crippen LogP contribution in [0.4, 0.5) is 17.5 Å². The van der Waals surface area contributed by atoms with Gasteiger partial charge in [-0.05, 0) is 42.5 Å². The fourth-order valence-electron chi connectivity index (χ4n) is 3.93. The molecule has 1 atom stereocenters. The number of aromatic nitrogens is 4. The molecule has 0 radical (unpaired) electrons. The summed E-state index contributed by atoms with van der Waals surface area (Å²) in [6.45, 7) is 5.41. The van der Waals surface area contributed by atoms with Crippen LogP contribution in [0.5, 0.6) is 0 Å². The Kier molecular flexibility index (Phi) is 10.3. The van der Waals surface area contributed by atoms with E-state index in [-0.39, 0.29) is 41.5 Å². The van der Waals surface area contributed by atoms with Gasteiger partial charge in [0.1, 0.15) is 6.04 Å². The summed E-state index contributed by atoms with van der Waals surface area (Å²) < 4.78 is 5.09. The van der Waals surface area contributed by atoms with Crippen molar-refractivity contribution in [1.29, 1.82) is 0 Å². The van der Waals surface area contributed by atoms with E-state index in [1.807, 2.05) is 25.8 Å². The second kappa shape index (κ2) is 13.7. The molecule has 0 fully saturated rings. The van der Waals surface area contributed by atoms with Gasteiger partial charge in [-0.3, -0.25) is 9.59 Å². The molecule has 1 unspecified atom stereocenters. The van der Waals surface area contributed by atoms with Crippen molar-refractivity contribution in [3.63, 3.8) is 0 Å². The van der Waals surface area contributed by atoms with Crippen LogP contribution in [0.3, 0.4) is 0 Å². The maximum atomic E-state index is 12.8. The minimum atomic E-state index is -1.21. The third-order valence-corrected chi connectivity index (χ3v) is 6.48. The van der Waals surface area contributed by atoms with Crippen LogP contribution in [0, 0.1) is 5.41 Å². The van der Waals surface area contributed by atoms with Crippen LogP contribution in [-0.2, 0) is 20.9 Å². The van der Waals surface area contributed by atoms with Crippen molar-refractivity contribution in [1.82, 2.24) is 30.6 Å². The molecule has 0 saturated heterocycles. The maximum Gasteiger partial charge on any atom is 0.326 e. The molecule has 0 spiro atoms. The lowest BCUT2D eigenvalue weighted by Crippen LogP contribution is -2.42. The second-order valence-corrected chi connectivity index (χ2v) is 10.5. The molecule has 7 N–H and O–H groups in total. The summed E-state index contributed by atoms with van der Waals surface area (Å²) in [5.74, 6) is -1.89. The molecule has 0 saturated carbocycles. The molecule has 220 valence electrons. The summed E-state index contributed by atoms with van der Waals surface area (Å²) in [4.78, 5) is 55.4. The van der Waals surface area contributed by atoms with Gasteiger partial charge in [-0.1, -0.05) is 13.8 Å². The summed E-state index contributed by atoms with van der Waals surface area (Å²) in [7, 11) is 3.46. The number of ether oxygens (including phenoxy) is 1. The molecule has 0 bridgehead atoms. The van der Waals surface area contributed by atoms with Crippen molar-refractivity contribution in [2.75, 3.05) is 43.7 Å². The molecule has 0 aliphatic rings. The number of nitrogens with one attached hydrogen (secondary N) is 2. The smallest absolute Gasteiger partial charge is 0.326 e. The van der Waals surface area contributed by atoms with Gasteiger partial charge in [0.2, 0.25) is 11.9 Å². The van der Waals surface area contributed by atoms with Gasteiger partial charge in [-0.25, -0.2) is 14.8 Å². The fourth-order valence-corrected chi connectivity index (χ4v) is 3.93. The molecule has 2 heterocycles. The Balaban J connectivity index is 1.55. The lowest BCUT2D eigenvalue weighted by Gasteiger charge is -2.24. The Bertz CT molecular complexity index is 1380. The molecule has 1 aromatic carbocycles. The summed E-state index contributed by atoms with van der Waals surface area (Å²) in [6.07, 6.45) is 2.26. The van der Waals surface area contributed by atoms with E-state index in [1.165, 1.54) is 0 Å². The average molecular weight is 568 g/mol. The van der Waals surface area contributed by atoms with Crippen molar-refractivity contribution >= 4 is 46.4 Å². The molecule has 41 heavy (non-hydrogen) atoms. The van der Waals surface area contributed by atoms with E-state index in [1.54, 1.807) is 37.6 Å². The highest BCUT2D eigenvalue weighted by molar-refractivity contribution is 5.97. The first kappa shape index (κ1) is 30.9. The first-order chi connectivity index (χ1) is 19.4. The molecule has 14 nitrogen and oxygen atoms in total. The Hall–Kier alpha value is -4.59. The maximum absolute atomic E-state index is 12.8. The van der Waals surface area contributed by atoms with E-state index in [4.69, 9.17) is 16.2 Å². The monoisotopic (exact) mass is 567 g/mol. The number of benzene rings is 1. The number of hydrogen-bond acceptors (Lipinski definition) is 11. The summed E-state index contributed by atoms with van der Waals surface area (Å²) in [5.41, 5.74) is 13.7. The number of amides is 2. The predicted octanol–water partition coefficient (Wildman–Crippen LogP) is 1.36. The Labute approximate surface area is 237 Å². The summed E-state index contributed by atoms with van der Waals surface area (Å²) in [6, 6.07) is 5.44. The lowest BCUT2D eigenvalue weighted by molar-refractivity contribution is -0.139. The minimum Gasteiger partial charge on any atom is -0.480 e. The Morgan fingerprint density at radius 3 is 2.49 bits per heavy atom. The lowest BCUT2D eigenvalue weighted by atomic mass is 9.89. The van der Waals surface area contributed by atoms with Gasteiger partial charge in [0, 0.05) is 45.0 Å². The average Bonchev–Trinajstić information content (AvgIpc) is 2.93. The first-order valence-electron chi connectivity index (χ1n) is 13.0. The van der Waals surface area contributed by atoms with Gasteiger partial charge in [0.05, 0.1) is 18.4 Å². The number of nitrogen functional groups attached to an aromatic ring is 2. The Morgan fingerprint density at radius 1 is 1.12 bits per heavy atom. The van der Waals surface area contributed by atoms with Crippen LogP contribution in [0.2, 0.25) is 0 Å². The van der Waals surface area contributed by atoms with E-state index in [9.17, 15) is 19.5 Å². The highest BCUT2D eigenvalue weighted by Gasteiger charge is 2.23. The van der Waals surface area contributed by atoms with E-state index in [0.29, 0.717) is 36.6 Å². The number of carboxylic acid groups (broad SMARTS) is 1. The fraction of sp³-hybridized carbons (Fsp3) is 0.444. The number of nitrogens with two attached hydrogens (primary N) is 2. The van der Waals surface area contributed by atoms with Gasteiger partial charge < -0.3 is 36.8 Å². The number of anilines is 3. The number of carboxylic acids is 1. The van der Waals surface area contributed by atoms with E-state index >= 15 is 0 Å². The van der Waals surface area contributed by atoms with Crippen molar-refractivity contribution in [3.05, 3.63) is 41.7 Å². The van der Waals surface area contributed by atoms with Gasteiger partial charge in [0.15, 0.2) is 17.0 Å². The second-order valence-electron chi connectivity index (χ2n) is 10.5. The van der Waals surface area contributed by atoms with Gasteiger partial charge >= 0.3 is 5.97 Å². The van der Waals surface area contributed by atoms with Crippen LogP contribution >= 0.6 is 0 Å². The first-order valence-corrected chi connectivity index (χ1v) is 13.0. The molecule has 0 aliphatic carbocycles. The Morgan fingerprint density at radius 2 is 1.83 bits per heavy atom. The van der Waals surface area contributed by atoms with Crippen LogP contribution in [0.1, 0.15) is 49.2 Å². The van der Waals surface area contributed by atoms with Crippen LogP contribution in [-0.4, -0.2) is 76.2 Å².